The SMILES string of the molecule is CC(C)(C)OC(=O)N1C2CCCC1CC(O)(CCc1ccc3c(c1)CCO3)C2. The second-order valence-electron chi connectivity index (χ2n) is 9.80. The first-order valence-corrected chi connectivity index (χ1v) is 10.7. The van der Waals surface area contributed by atoms with Crippen molar-refractivity contribution in [2.45, 2.75) is 95.4 Å². The molecule has 2 atom stereocenters. The number of fused-ring (bicyclic) bond motifs is 3. The normalized spacial score (nSPS) is 29.2. The molecule has 1 amide bonds. The van der Waals surface area contributed by atoms with Gasteiger partial charge in [-0.3, -0.25) is 0 Å². The van der Waals surface area contributed by atoms with Crippen molar-refractivity contribution in [3.63, 3.8) is 0 Å². The minimum Gasteiger partial charge on any atom is -0.493 e. The van der Waals surface area contributed by atoms with Gasteiger partial charge in [0.15, 0.2) is 0 Å². The summed E-state index contributed by atoms with van der Waals surface area (Å²) in [6.07, 6.45) is 6.67. The molecule has 28 heavy (non-hydrogen) atoms. The third-order valence-electron chi connectivity index (χ3n) is 6.33. The largest absolute Gasteiger partial charge is 0.493 e. The van der Waals surface area contributed by atoms with Gasteiger partial charge >= 0.3 is 6.09 Å². The number of carbonyl (C=O) groups excluding carboxylic acids is 1. The number of piperidine rings is 2. The molecule has 0 spiro atoms. The molecule has 4 rings (SSSR count). The van der Waals surface area contributed by atoms with Crippen LogP contribution in [0.25, 0.3) is 0 Å². The summed E-state index contributed by atoms with van der Waals surface area (Å²) in [7, 11) is 0. The van der Waals surface area contributed by atoms with Crippen LogP contribution in [-0.4, -0.2) is 46.0 Å². The first kappa shape index (κ1) is 19.6. The molecule has 2 unspecified atom stereocenters. The number of aryl methyl sites for hydroxylation is 1. The van der Waals surface area contributed by atoms with Crippen molar-refractivity contribution in [1.29, 1.82) is 0 Å². The summed E-state index contributed by atoms with van der Waals surface area (Å²) in [6.45, 7) is 6.49. The third-order valence-corrected chi connectivity index (χ3v) is 6.33. The molecule has 3 aliphatic heterocycles. The van der Waals surface area contributed by atoms with Crippen LogP contribution in [0, 0.1) is 0 Å². The van der Waals surface area contributed by atoms with E-state index in [2.05, 4.69) is 18.2 Å². The Labute approximate surface area is 168 Å². The molecule has 0 aromatic heterocycles. The van der Waals surface area contributed by atoms with E-state index in [1.54, 1.807) is 0 Å². The molecule has 0 saturated carbocycles. The predicted molar refractivity (Wildman–Crippen MR) is 108 cm³/mol. The molecule has 0 aliphatic carbocycles. The maximum absolute atomic E-state index is 12.7. The number of carbonyl (C=O) groups is 1. The van der Waals surface area contributed by atoms with Crippen LogP contribution in [0.4, 0.5) is 4.79 Å². The van der Waals surface area contributed by atoms with Crippen molar-refractivity contribution in [3.8, 4) is 5.75 Å². The van der Waals surface area contributed by atoms with Gasteiger partial charge in [-0.05, 0) is 82.9 Å². The molecule has 2 bridgehead atoms. The van der Waals surface area contributed by atoms with E-state index in [0.29, 0.717) is 12.8 Å². The molecule has 1 aromatic carbocycles. The lowest BCUT2D eigenvalue weighted by Crippen LogP contribution is -2.60. The summed E-state index contributed by atoms with van der Waals surface area (Å²) >= 11 is 0. The molecule has 3 aliphatic rings. The number of hydrogen-bond donors (Lipinski definition) is 1. The van der Waals surface area contributed by atoms with Gasteiger partial charge in [-0.15, -0.1) is 0 Å². The van der Waals surface area contributed by atoms with E-state index in [0.717, 1.165) is 50.9 Å². The number of ether oxygens (including phenoxy) is 2. The highest BCUT2D eigenvalue weighted by Gasteiger charge is 2.48. The molecule has 154 valence electrons. The molecule has 3 heterocycles. The van der Waals surface area contributed by atoms with E-state index in [1.165, 1.54) is 11.1 Å². The van der Waals surface area contributed by atoms with Crippen molar-refractivity contribution < 1.29 is 19.4 Å². The van der Waals surface area contributed by atoms with Gasteiger partial charge in [0.2, 0.25) is 0 Å². The molecule has 5 heteroatoms. The molecule has 5 nitrogen and oxygen atoms in total. The minimum absolute atomic E-state index is 0.0840. The standard InChI is InChI=1S/C23H33NO4/c1-22(2,3)28-21(25)24-18-5-4-6-19(24)15-23(26,14-18)11-9-16-7-8-20-17(13-16)10-12-27-20/h7-8,13,18-19,26H,4-6,9-12,14-15H2,1-3H3. The highest BCUT2D eigenvalue weighted by atomic mass is 16.6. The van der Waals surface area contributed by atoms with Crippen LogP contribution in [0.1, 0.15) is 70.4 Å². The third kappa shape index (κ3) is 4.14. The lowest BCUT2D eigenvalue weighted by atomic mass is 9.73. The molecular weight excluding hydrogens is 354 g/mol. The Balaban J connectivity index is 1.42. The molecule has 1 N–H and O–H groups in total. The molecule has 1 aromatic rings. The highest BCUT2D eigenvalue weighted by Crippen LogP contribution is 2.42. The van der Waals surface area contributed by atoms with Gasteiger partial charge in [0.05, 0.1) is 12.2 Å². The highest BCUT2D eigenvalue weighted by molar-refractivity contribution is 5.69. The Kier molecular flexibility index (Phi) is 5.07. The van der Waals surface area contributed by atoms with E-state index in [9.17, 15) is 9.90 Å². The van der Waals surface area contributed by atoms with Crippen LogP contribution in [0.3, 0.4) is 0 Å². The van der Waals surface area contributed by atoms with E-state index in [-0.39, 0.29) is 18.2 Å². The fourth-order valence-corrected chi connectivity index (χ4v) is 5.12. The average molecular weight is 388 g/mol. The van der Waals surface area contributed by atoms with Crippen molar-refractivity contribution in [3.05, 3.63) is 29.3 Å². The van der Waals surface area contributed by atoms with E-state index in [4.69, 9.17) is 9.47 Å². The van der Waals surface area contributed by atoms with Gasteiger partial charge in [-0.2, -0.15) is 0 Å². The second-order valence-corrected chi connectivity index (χ2v) is 9.80. The first-order chi connectivity index (χ1) is 13.2. The van der Waals surface area contributed by atoms with Crippen LogP contribution in [0.2, 0.25) is 0 Å². The van der Waals surface area contributed by atoms with Gasteiger partial charge in [0.1, 0.15) is 11.4 Å². The fraction of sp³-hybridized carbons (Fsp3) is 0.696. The van der Waals surface area contributed by atoms with Crippen molar-refractivity contribution in [2.75, 3.05) is 6.61 Å². The van der Waals surface area contributed by atoms with Crippen LogP contribution in [-0.2, 0) is 17.6 Å². The number of hydrogen-bond acceptors (Lipinski definition) is 4. The topological polar surface area (TPSA) is 59.0 Å². The average Bonchev–Trinajstić information content (AvgIpc) is 3.05. The van der Waals surface area contributed by atoms with Crippen molar-refractivity contribution >= 4 is 6.09 Å². The van der Waals surface area contributed by atoms with Crippen LogP contribution < -0.4 is 4.74 Å². The van der Waals surface area contributed by atoms with Gasteiger partial charge in [-0.1, -0.05) is 12.1 Å². The quantitative estimate of drug-likeness (QED) is 0.843. The molecule has 2 saturated heterocycles. The zero-order chi connectivity index (χ0) is 19.9. The molecule has 2 fully saturated rings. The van der Waals surface area contributed by atoms with Gasteiger partial charge < -0.3 is 19.5 Å². The van der Waals surface area contributed by atoms with Crippen LogP contribution >= 0.6 is 0 Å². The number of rotatable bonds is 3. The molecular formula is C23H33NO4. The smallest absolute Gasteiger partial charge is 0.410 e. The summed E-state index contributed by atoms with van der Waals surface area (Å²) in [5.41, 5.74) is 1.35. The van der Waals surface area contributed by atoms with Gasteiger partial charge in [0, 0.05) is 18.5 Å². The number of benzene rings is 1. The number of amides is 1. The van der Waals surface area contributed by atoms with Crippen molar-refractivity contribution in [1.82, 2.24) is 4.90 Å². The number of nitrogens with zero attached hydrogens (tertiary/aromatic N) is 1. The maximum Gasteiger partial charge on any atom is 0.410 e. The Morgan fingerprint density at radius 3 is 2.68 bits per heavy atom. The summed E-state index contributed by atoms with van der Waals surface area (Å²) in [5.74, 6) is 1.00. The van der Waals surface area contributed by atoms with Gasteiger partial charge in [0.25, 0.3) is 0 Å². The van der Waals surface area contributed by atoms with Crippen LogP contribution in [0.15, 0.2) is 18.2 Å². The predicted octanol–water partition coefficient (Wildman–Crippen LogP) is 4.24. The summed E-state index contributed by atoms with van der Waals surface area (Å²) in [5, 5.41) is 11.4. The van der Waals surface area contributed by atoms with Gasteiger partial charge in [-0.25, -0.2) is 4.79 Å². The maximum atomic E-state index is 12.7. The van der Waals surface area contributed by atoms with E-state index in [1.807, 2.05) is 25.7 Å². The summed E-state index contributed by atoms with van der Waals surface area (Å²) in [6, 6.07) is 6.56. The Hall–Kier alpha value is -1.75. The van der Waals surface area contributed by atoms with Crippen LogP contribution in [0.5, 0.6) is 5.75 Å². The molecule has 0 radical (unpaired) electrons. The zero-order valence-corrected chi connectivity index (χ0v) is 17.4. The fourth-order valence-electron chi connectivity index (χ4n) is 5.12. The first-order valence-electron chi connectivity index (χ1n) is 10.7. The lowest BCUT2D eigenvalue weighted by Gasteiger charge is -2.51. The lowest BCUT2D eigenvalue weighted by molar-refractivity contribution is -0.0955. The number of aliphatic hydroxyl groups is 1. The van der Waals surface area contributed by atoms with E-state index >= 15 is 0 Å². The summed E-state index contributed by atoms with van der Waals surface area (Å²) < 4.78 is 11.2. The van der Waals surface area contributed by atoms with E-state index < -0.39 is 11.2 Å². The zero-order valence-electron chi connectivity index (χ0n) is 17.4. The minimum atomic E-state index is -0.705. The Bertz CT molecular complexity index is 725. The Morgan fingerprint density at radius 1 is 1.29 bits per heavy atom. The summed E-state index contributed by atoms with van der Waals surface area (Å²) in [4.78, 5) is 14.7. The second kappa shape index (κ2) is 7.25. The monoisotopic (exact) mass is 387 g/mol. The van der Waals surface area contributed by atoms with Crippen molar-refractivity contribution in [2.24, 2.45) is 0 Å². The Morgan fingerprint density at radius 2 is 2.00 bits per heavy atom.